The minimum absolute atomic E-state index is 0.00303. The second-order valence-electron chi connectivity index (χ2n) is 17.4. The number of halogens is 2. The molecule has 6 fully saturated rings. The molecule has 6 heterocycles. The van der Waals surface area contributed by atoms with Gasteiger partial charge in [0.2, 0.25) is 11.8 Å². The summed E-state index contributed by atoms with van der Waals surface area (Å²) in [5.74, 6) is 1.70. The summed E-state index contributed by atoms with van der Waals surface area (Å²) < 4.78 is 44.6. The van der Waals surface area contributed by atoms with E-state index in [0.717, 1.165) is 50.7 Å². The monoisotopic (exact) mass is 747 g/mol. The Morgan fingerprint density at radius 1 is 1.07 bits per heavy atom. The summed E-state index contributed by atoms with van der Waals surface area (Å²) in [6, 6.07) is 7.25. The van der Waals surface area contributed by atoms with E-state index in [4.69, 9.17) is 20.9 Å². The molecule has 284 valence electrons. The van der Waals surface area contributed by atoms with E-state index >= 15 is 8.78 Å². The maximum absolute atomic E-state index is 17.3. The van der Waals surface area contributed by atoms with Gasteiger partial charge in [-0.1, -0.05) is 32.8 Å². The van der Waals surface area contributed by atoms with Crippen LogP contribution in [0.1, 0.15) is 52.0 Å². The number of aromatic nitrogens is 3. The fraction of sp³-hybridized carbons (Fsp3) is 0.500. The van der Waals surface area contributed by atoms with Crippen LogP contribution in [0.3, 0.4) is 0 Å². The van der Waals surface area contributed by atoms with Gasteiger partial charge in [-0.15, -0.1) is 6.42 Å². The predicted octanol–water partition coefficient (Wildman–Crippen LogP) is 5.90. The number of hydrogen-bond donors (Lipinski definition) is 1. The third kappa shape index (κ3) is 5.95. The zero-order chi connectivity index (χ0) is 38.6. The number of phenols is 1. The lowest BCUT2D eigenvalue weighted by Crippen LogP contribution is -2.71. The summed E-state index contributed by atoms with van der Waals surface area (Å²) >= 11 is 0. The molecule has 0 radical (unpaired) electrons. The standard InChI is InChI=1S/C42H43F2N7O4/c1-6-28-31(43)8-7-22-12-27(52)14-29(32(22)28)35-34(44)36-33(38(46-35)54-5)37(50-18-25-13-26(19-50)51(25)39(53)30(15-45)41(2,3)4)48-40(47-36)55-21-42(9-10-42)20-49-16-23-11-24(23)17-49/h1,7-8,12,14,23-26,30,52H,9-11,13,16-21H2,2-5H3. The maximum Gasteiger partial charge on any atom is 0.319 e. The SMILES string of the molecule is C#Cc1c(F)ccc2cc(O)cc(-c3nc(OC)c4c(N5CC6CC(C5)N6C(=O)C(C#N)C(C)(C)C)nc(OCC5(CN6CC7CC7C6)CC5)nc4c3F)c12. The molecule has 13 heteroatoms. The number of carbonyl (C=O) groups is 1. The largest absolute Gasteiger partial charge is 0.508 e. The van der Waals surface area contributed by atoms with Gasteiger partial charge < -0.3 is 29.3 Å². The number of benzene rings is 2. The number of ether oxygens (including phenoxy) is 2. The minimum Gasteiger partial charge on any atom is -0.508 e. The van der Waals surface area contributed by atoms with Crippen LogP contribution in [0.2, 0.25) is 0 Å². The lowest BCUT2D eigenvalue weighted by Gasteiger charge is -2.57. The summed E-state index contributed by atoms with van der Waals surface area (Å²) in [6.45, 7) is 9.99. The Hall–Kier alpha value is -5.27. The van der Waals surface area contributed by atoms with Gasteiger partial charge >= 0.3 is 6.01 Å². The van der Waals surface area contributed by atoms with Crippen LogP contribution in [0, 0.1) is 63.9 Å². The van der Waals surface area contributed by atoms with Gasteiger partial charge in [-0.2, -0.15) is 15.2 Å². The van der Waals surface area contributed by atoms with Crippen molar-refractivity contribution in [3.63, 3.8) is 0 Å². The predicted molar refractivity (Wildman–Crippen MR) is 201 cm³/mol. The number of aromatic hydroxyl groups is 1. The molecule has 4 aliphatic heterocycles. The molecule has 2 saturated carbocycles. The van der Waals surface area contributed by atoms with Crippen molar-refractivity contribution in [3.8, 4) is 47.3 Å². The number of phenolic OH excluding ortho intramolecular Hbond substituents is 1. The quantitative estimate of drug-likeness (QED) is 0.207. The Morgan fingerprint density at radius 3 is 2.44 bits per heavy atom. The van der Waals surface area contributed by atoms with Crippen LogP contribution in [-0.4, -0.2) is 94.3 Å². The topological polar surface area (TPSA) is 128 Å². The maximum atomic E-state index is 17.3. The van der Waals surface area contributed by atoms with Crippen molar-refractivity contribution in [2.75, 3.05) is 51.3 Å². The number of likely N-dealkylation sites (tertiary alicyclic amines) is 1. The van der Waals surface area contributed by atoms with Crippen LogP contribution in [-0.2, 0) is 4.79 Å². The molecular weight excluding hydrogens is 705 g/mol. The van der Waals surface area contributed by atoms with Gasteiger partial charge in [0.1, 0.15) is 39.9 Å². The first kappa shape index (κ1) is 35.4. The van der Waals surface area contributed by atoms with E-state index in [9.17, 15) is 15.2 Å². The zero-order valence-electron chi connectivity index (χ0n) is 31.4. The van der Waals surface area contributed by atoms with Crippen molar-refractivity contribution in [2.45, 2.75) is 58.5 Å². The number of anilines is 1. The molecule has 4 aromatic rings. The molecule has 4 saturated heterocycles. The van der Waals surface area contributed by atoms with Crippen molar-refractivity contribution < 1.29 is 28.2 Å². The minimum atomic E-state index is -0.845. The average molecular weight is 748 g/mol. The summed E-state index contributed by atoms with van der Waals surface area (Å²) in [5, 5.41) is 21.5. The van der Waals surface area contributed by atoms with E-state index in [1.165, 1.54) is 37.8 Å². The summed E-state index contributed by atoms with van der Waals surface area (Å²) in [7, 11) is 1.41. The number of amides is 1. The second kappa shape index (κ2) is 12.6. The number of piperazine rings is 1. The van der Waals surface area contributed by atoms with Gasteiger partial charge in [0, 0.05) is 49.1 Å². The van der Waals surface area contributed by atoms with Gasteiger partial charge in [-0.05, 0) is 66.5 Å². The normalized spacial score (nSPS) is 24.1. The highest BCUT2D eigenvalue weighted by Crippen LogP contribution is 2.51. The smallest absolute Gasteiger partial charge is 0.319 e. The molecule has 2 bridgehead atoms. The molecule has 2 aromatic carbocycles. The van der Waals surface area contributed by atoms with Crippen LogP contribution < -0.4 is 14.4 Å². The number of fused-ring (bicyclic) bond motifs is 5. The Bertz CT molecular complexity index is 2340. The highest BCUT2D eigenvalue weighted by Gasteiger charge is 2.52. The number of hydrogen-bond acceptors (Lipinski definition) is 10. The van der Waals surface area contributed by atoms with Gasteiger partial charge in [0.25, 0.3) is 0 Å². The molecule has 5 unspecified atom stereocenters. The van der Waals surface area contributed by atoms with Crippen LogP contribution in [0.5, 0.6) is 17.6 Å². The lowest BCUT2D eigenvalue weighted by molar-refractivity contribution is -0.151. The number of nitriles is 1. The molecule has 2 aliphatic carbocycles. The number of pyridine rings is 1. The van der Waals surface area contributed by atoms with E-state index in [2.05, 4.69) is 26.9 Å². The molecule has 6 aliphatic rings. The Morgan fingerprint density at radius 2 is 1.80 bits per heavy atom. The van der Waals surface area contributed by atoms with E-state index < -0.39 is 23.0 Å². The lowest BCUT2D eigenvalue weighted by atomic mass is 9.78. The summed E-state index contributed by atoms with van der Waals surface area (Å²) in [5.41, 5.74) is -0.934. The van der Waals surface area contributed by atoms with Crippen molar-refractivity contribution in [1.29, 1.82) is 5.26 Å². The number of nitrogens with zero attached hydrogens (tertiary/aromatic N) is 7. The molecule has 0 spiro atoms. The molecular formula is C42H43F2N7O4. The van der Waals surface area contributed by atoms with Crippen LogP contribution in [0.4, 0.5) is 14.6 Å². The van der Waals surface area contributed by atoms with E-state index in [-0.39, 0.29) is 74.2 Å². The van der Waals surface area contributed by atoms with E-state index in [1.54, 1.807) is 0 Å². The van der Waals surface area contributed by atoms with Crippen LogP contribution >= 0.6 is 0 Å². The van der Waals surface area contributed by atoms with Gasteiger partial charge in [0.15, 0.2) is 5.82 Å². The highest BCUT2D eigenvalue weighted by molar-refractivity contribution is 6.04. The first-order chi connectivity index (χ1) is 26.3. The first-order valence-electron chi connectivity index (χ1n) is 19.0. The summed E-state index contributed by atoms with van der Waals surface area (Å²) in [4.78, 5) is 34.2. The molecule has 10 rings (SSSR count). The number of methoxy groups -OCH3 is 1. The van der Waals surface area contributed by atoms with Crippen LogP contribution in [0.25, 0.3) is 32.9 Å². The summed E-state index contributed by atoms with van der Waals surface area (Å²) in [6.07, 6.45) is 9.89. The number of carbonyl (C=O) groups excluding carboxylic acids is 1. The number of terminal acetylenes is 1. The Labute approximate surface area is 318 Å². The van der Waals surface area contributed by atoms with Crippen LogP contribution in [0.15, 0.2) is 24.3 Å². The third-order valence-corrected chi connectivity index (χ3v) is 12.4. The van der Waals surface area contributed by atoms with Gasteiger partial charge in [-0.25, -0.2) is 13.8 Å². The molecule has 5 atom stereocenters. The van der Waals surface area contributed by atoms with E-state index in [0.29, 0.717) is 30.9 Å². The molecule has 1 amide bonds. The van der Waals surface area contributed by atoms with Crippen molar-refractivity contribution >= 4 is 33.4 Å². The average Bonchev–Trinajstić information content (AvgIpc) is 4.05. The van der Waals surface area contributed by atoms with Crippen molar-refractivity contribution in [1.82, 2.24) is 24.8 Å². The molecule has 1 N–H and O–H groups in total. The molecule has 2 aromatic heterocycles. The first-order valence-corrected chi connectivity index (χ1v) is 19.0. The van der Waals surface area contributed by atoms with E-state index in [1.807, 2.05) is 30.6 Å². The second-order valence-corrected chi connectivity index (χ2v) is 17.4. The van der Waals surface area contributed by atoms with Gasteiger partial charge in [0.05, 0.1) is 37.4 Å². The fourth-order valence-corrected chi connectivity index (χ4v) is 9.23. The molecule has 55 heavy (non-hydrogen) atoms. The highest BCUT2D eigenvalue weighted by atomic mass is 19.1. The fourth-order valence-electron chi connectivity index (χ4n) is 9.23. The Kier molecular flexibility index (Phi) is 8.14. The molecule has 11 nitrogen and oxygen atoms in total. The van der Waals surface area contributed by atoms with Crippen molar-refractivity contribution in [2.24, 2.45) is 28.6 Å². The third-order valence-electron chi connectivity index (χ3n) is 12.4. The number of piperidine rings is 2. The Balaban J connectivity index is 1.13. The van der Waals surface area contributed by atoms with Gasteiger partial charge in [-0.3, -0.25) is 4.79 Å². The number of rotatable bonds is 9. The zero-order valence-corrected chi connectivity index (χ0v) is 31.4. The van der Waals surface area contributed by atoms with Crippen molar-refractivity contribution in [3.05, 3.63) is 41.5 Å².